The molecular weight excluding hydrogens is 336 g/mol. The Hall–Kier alpha value is -2.41. The Morgan fingerprint density at radius 2 is 2.00 bits per heavy atom. The summed E-state index contributed by atoms with van der Waals surface area (Å²) in [5.74, 6) is -0.130. The molecule has 7 heteroatoms. The van der Waals surface area contributed by atoms with E-state index in [1.54, 1.807) is 10.3 Å². The van der Waals surface area contributed by atoms with Crippen LogP contribution in [0.2, 0.25) is 0 Å². The number of carbonyl (C=O) groups is 2. The van der Waals surface area contributed by atoms with Gasteiger partial charge in [-0.15, -0.1) is 11.3 Å². The number of para-hydroxylation sites is 1. The van der Waals surface area contributed by atoms with Crippen LogP contribution in [0.1, 0.15) is 42.2 Å². The van der Waals surface area contributed by atoms with Crippen molar-refractivity contribution >= 4 is 29.0 Å². The first kappa shape index (κ1) is 17.4. The van der Waals surface area contributed by atoms with Crippen molar-refractivity contribution in [2.45, 2.75) is 45.3 Å². The average Bonchev–Trinajstić information content (AvgIpc) is 3.27. The predicted molar refractivity (Wildman–Crippen MR) is 98.7 cm³/mol. The van der Waals surface area contributed by atoms with Crippen LogP contribution in [0, 0.1) is 0 Å². The summed E-state index contributed by atoms with van der Waals surface area (Å²) < 4.78 is 0. The number of anilines is 1. The predicted octanol–water partition coefficient (Wildman–Crippen LogP) is 3.48. The lowest BCUT2D eigenvalue weighted by atomic mass is 10.3. The molecule has 1 aliphatic rings. The molecule has 6 nitrogen and oxygen atoms in total. The molecule has 132 valence electrons. The van der Waals surface area contributed by atoms with Crippen LogP contribution in [0.3, 0.4) is 0 Å². The standard InChI is InChI=1S/C18H22N4O2S/c1-12(2)22(18(24)20-13-6-4-3-5-7-13)10-16-21-15(11-25-16)17(23)19-14-8-9-14/h3-7,11-12,14H,8-10H2,1-2H3,(H,19,23)(H,20,24). The minimum atomic E-state index is -0.180. The maximum Gasteiger partial charge on any atom is 0.322 e. The highest BCUT2D eigenvalue weighted by atomic mass is 32.1. The summed E-state index contributed by atoms with van der Waals surface area (Å²) in [6.07, 6.45) is 2.09. The van der Waals surface area contributed by atoms with E-state index in [1.165, 1.54) is 11.3 Å². The van der Waals surface area contributed by atoms with Gasteiger partial charge < -0.3 is 15.5 Å². The zero-order chi connectivity index (χ0) is 17.8. The molecule has 0 aliphatic heterocycles. The van der Waals surface area contributed by atoms with E-state index in [9.17, 15) is 9.59 Å². The van der Waals surface area contributed by atoms with Gasteiger partial charge in [0.05, 0.1) is 6.54 Å². The lowest BCUT2D eigenvalue weighted by Gasteiger charge is -2.26. The van der Waals surface area contributed by atoms with Gasteiger partial charge in [-0.3, -0.25) is 4.79 Å². The molecule has 1 aromatic carbocycles. The molecule has 1 aliphatic carbocycles. The maximum atomic E-state index is 12.6. The van der Waals surface area contributed by atoms with Gasteiger partial charge in [0.15, 0.2) is 0 Å². The van der Waals surface area contributed by atoms with Gasteiger partial charge in [0, 0.05) is 23.2 Å². The first-order valence-corrected chi connectivity index (χ1v) is 9.29. The number of rotatable bonds is 6. The van der Waals surface area contributed by atoms with Gasteiger partial charge in [-0.25, -0.2) is 9.78 Å². The number of amides is 3. The molecule has 0 spiro atoms. The molecule has 1 saturated carbocycles. The molecular formula is C18H22N4O2S. The summed E-state index contributed by atoms with van der Waals surface area (Å²) in [6.45, 7) is 4.29. The van der Waals surface area contributed by atoms with Crippen molar-refractivity contribution in [2.24, 2.45) is 0 Å². The second-order valence-electron chi connectivity index (χ2n) is 6.39. The zero-order valence-corrected chi connectivity index (χ0v) is 15.2. The van der Waals surface area contributed by atoms with Crippen molar-refractivity contribution in [3.05, 3.63) is 46.4 Å². The number of hydrogen-bond acceptors (Lipinski definition) is 4. The van der Waals surface area contributed by atoms with E-state index < -0.39 is 0 Å². The van der Waals surface area contributed by atoms with Crippen LogP contribution in [0.5, 0.6) is 0 Å². The summed E-state index contributed by atoms with van der Waals surface area (Å²) in [7, 11) is 0. The van der Waals surface area contributed by atoms with Crippen LogP contribution >= 0.6 is 11.3 Å². The first-order valence-electron chi connectivity index (χ1n) is 8.41. The number of thiazole rings is 1. The monoisotopic (exact) mass is 358 g/mol. The van der Waals surface area contributed by atoms with E-state index in [1.807, 2.05) is 44.2 Å². The van der Waals surface area contributed by atoms with Crippen LogP contribution < -0.4 is 10.6 Å². The normalized spacial score (nSPS) is 13.6. The van der Waals surface area contributed by atoms with Gasteiger partial charge in [-0.1, -0.05) is 18.2 Å². The Morgan fingerprint density at radius 3 is 2.64 bits per heavy atom. The Balaban J connectivity index is 1.64. The smallest absolute Gasteiger partial charge is 0.322 e. The molecule has 0 atom stereocenters. The first-order chi connectivity index (χ1) is 12.0. The number of nitrogens with one attached hydrogen (secondary N) is 2. The SMILES string of the molecule is CC(C)N(Cc1nc(C(=O)NC2CC2)cs1)C(=O)Nc1ccccc1. The lowest BCUT2D eigenvalue weighted by molar-refractivity contribution is 0.0946. The fourth-order valence-corrected chi connectivity index (χ4v) is 3.10. The van der Waals surface area contributed by atoms with Crippen LogP contribution in [0.25, 0.3) is 0 Å². The van der Waals surface area contributed by atoms with Crippen molar-refractivity contribution in [1.29, 1.82) is 0 Å². The third-order valence-corrected chi connectivity index (χ3v) is 4.75. The Kier molecular flexibility index (Phi) is 5.33. The van der Waals surface area contributed by atoms with Crippen molar-refractivity contribution < 1.29 is 9.59 Å². The molecule has 3 amide bonds. The maximum absolute atomic E-state index is 12.6. The quantitative estimate of drug-likeness (QED) is 0.830. The van der Waals surface area contributed by atoms with Gasteiger partial charge in [-0.05, 0) is 38.8 Å². The largest absolute Gasteiger partial charge is 0.348 e. The molecule has 1 fully saturated rings. The van der Waals surface area contributed by atoms with E-state index in [0.29, 0.717) is 18.3 Å². The van der Waals surface area contributed by atoms with Crippen LogP contribution in [0.15, 0.2) is 35.7 Å². The molecule has 2 N–H and O–H groups in total. The van der Waals surface area contributed by atoms with E-state index in [4.69, 9.17) is 0 Å². The fourth-order valence-electron chi connectivity index (χ4n) is 2.33. The highest BCUT2D eigenvalue weighted by Gasteiger charge is 2.25. The van der Waals surface area contributed by atoms with Gasteiger partial charge in [-0.2, -0.15) is 0 Å². The fraction of sp³-hybridized carbons (Fsp3) is 0.389. The number of nitrogens with zero attached hydrogens (tertiary/aromatic N) is 2. The number of aromatic nitrogens is 1. The second kappa shape index (κ2) is 7.65. The summed E-state index contributed by atoms with van der Waals surface area (Å²) in [6, 6.07) is 9.49. The molecule has 0 radical (unpaired) electrons. The van der Waals surface area contributed by atoms with Crippen molar-refractivity contribution in [1.82, 2.24) is 15.2 Å². The lowest BCUT2D eigenvalue weighted by Crippen LogP contribution is -2.39. The number of hydrogen-bond donors (Lipinski definition) is 2. The van der Waals surface area contributed by atoms with E-state index in [-0.39, 0.29) is 18.0 Å². The summed E-state index contributed by atoms with van der Waals surface area (Å²) in [5, 5.41) is 8.32. The molecule has 25 heavy (non-hydrogen) atoms. The van der Waals surface area contributed by atoms with Crippen LogP contribution in [-0.2, 0) is 6.54 Å². The number of urea groups is 1. The molecule has 0 saturated heterocycles. The Labute approximate surface area is 151 Å². The van der Waals surface area contributed by atoms with Crippen molar-refractivity contribution in [3.8, 4) is 0 Å². The van der Waals surface area contributed by atoms with Crippen molar-refractivity contribution in [2.75, 3.05) is 5.32 Å². The molecule has 0 unspecified atom stereocenters. The van der Waals surface area contributed by atoms with Crippen LogP contribution in [-0.4, -0.2) is 33.9 Å². The average molecular weight is 358 g/mol. The highest BCUT2D eigenvalue weighted by Crippen LogP contribution is 2.20. The Morgan fingerprint density at radius 1 is 1.28 bits per heavy atom. The summed E-state index contributed by atoms with van der Waals surface area (Å²) in [4.78, 5) is 30.7. The highest BCUT2D eigenvalue weighted by molar-refractivity contribution is 7.09. The number of carbonyl (C=O) groups excluding carboxylic acids is 2. The van der Waals surface area contributed by atoms with Crippen LogP contribution in [0.4, 0.5) is 10.5 Å². The summed E-state index contributed by atoms with van der Waals surface area (Å²) >= 11 is 1.40. The minimum absolute atomic E-state index is 0.0105. The summed E-state index contributed by atoms with van der Waals surface area (Å²) in [5.41, 5.74) is 1.18. The molecule has 2 aromatic rings. The third-order valence-electron chi connectivity index (χ3n) is 3.91. The van der Waals surface area contributed by atoms with E-state index >= 15 is 0 Å². The molecule has 0 bridgehead atoms. The van der Waals surface area contributed by atoms with Gasteiger partial charge in [0.2, 0.25) is 0 Å². The van der Waals surface area contributed by atoms with E-state index in [0.717, 1.165) is 23.5 Å². The minimum Gasteiger partial charge on any atom is -0.348 e. The number of benzene rings is 1. The Bertz CT molecular complexity index is 741. The second-order valence-corrected chi connectivity index (χ2v) is 7.33. The topological polar surface area (TPSA) is 74.3 Å². The molecule has 3 rings (SSSR count). The molecule has 1 heterocycles. The van der Waals surface area contributed by atoms with Gasteiger partial charge >= 0.3 is 6.03 Å². The van der Waals surface area contributed by atoms with E-state index in [2.05, 4.69) is 15.6 Å². The third kappa shape index (κ3) is 4.79. The van der Waals surface area contributed by atoms with Gasteiger partial charge in [0.1, 0.15) is 10.7 Å². The molecule has 1 aromatic heterocycles. The van der Waals surface area contributed by atoms with Gasteiger partial charge in [0.25, 0.3) is 5.91 Å². The zero-order valence-electron chi connectivity index (χ0n) is 14.4. The van der Waals surface area contributed by atoms with Crippen molar-refractivity contribution in [3.63, 3.8) is 0 Å².